The summed E-state index contributed by atoms with van der Waals surface area (Å²) in [5, 5.41) is 0. The van der Waals surface area contributed by atoms with E-state index in [4.69, 9.17) is 0 Å². The zero-order valence-electron chi connectivity index (χ0n) is 17.3. The second kappa shape index (κ2) is 8.36. The number of aryl methyl sites for hydroxylation is 2. The summed E-state index contributed by atoms with van der Waals surface area (Å²) >= 11 is 1.65. The van der Waals surface area contributed by atoms with Gasteiger partial charge >= 0.3 is 0 Å². The fourth-order valence-electron chi connectivity index (χ4n) is 3.71. The molecule has 0 radical (unpaired) electrons. The van der Waals surface area contributed by atoms with Gasteiger partial charge in [-0.1, -0.05) is 47.5 Å². The number of carbonyl (C=O) groups excluding carboxylic acids is 2. The number of thioether (sulfide) groups is 1. The van der Waals surface area contributed by atoms with Crippen LogP contribution in [-0.2, 0) is 9.59 Å². The van der Waals surface area contributed by atoms with Crippen LogP contribution in [0.25, 0.3) is 0 Å². The third-order valence-corrected chi connectivity index (χ3v) is 6.15. The Balaban J connectivity index is 1.79. The first-order valence-corrected chi connectivity index (χ1v) is 11.1. The SMILES string of the molecule is CSc1ccc([C@@H]2C(=O)N(c3ccc(C)cc3)CC(=O)N2c2ccc(C)cc2)cc1. The number of piperazine rings is 1. The van der Waals surface area contributed by atoms with Crippen molar-refractivity contribution in [3.05, 3.63) is 89.5 Å². The number of carbonyl (C=O) groups is 2. The third kappa shape index (κ3) is 3.85. The minimum Gasteiger partial charge on any atom is -0.301 e. The molecule has 1 saturated heterocycles. The van der Waals surface area contributed by atoms with Crippen LogP contribution in [0.3, 0.4) is 0 Å². The van der Waals surface area contributed by atoms with E-state index in [2.05, 4.69) is 0 Å². The molecule has 152 valence electrons. The zero-order valence-corrected chi connectivity index (χ0v) is 18.1. The molecule has 2 amide bonds. The van der Waals surface area contributed by atoms with Gasteiger partial charge in [0.1, 0.15) is 12.6 Å². The van der Waals surface area contributed by atoms with Gasteiger partial charge in [0.2, 0.25) is 5.91 Å². The molecule has 0 bridgehead atoms. The standard InChI is InChI=1S/C25H24N2O2S/c1-17-4-10-20(11-5-17)26-16-23(28)27(21-12-6-18(2)7-13-21)24(25(26)29)19-8-14-22(30-3)15-9-19/h4-15,24H,16H2,1-3H3/t24-/m1/s1. The van der Waals surface area contributed by atoms with Crippen molar-refractivity contribution in [2.45, 2.75) is 24.8 Å². The van der Waals surface area contributed by atoms with Gasteiger partial charge in [-0.25, -0.2) is 0 Å². The number of hydrogen-bond donors (Lipinski definition) is 0. The highest BCUT2D eigenvalue weighted by atomic mass is 32.2. The lowest BCUT2D eigenvalue weighted by Gasteiger charge is -2.40. The molecule has 1 aliphatic rings. The highest BCUT2D eigenvalue weighted by Crippen LogP contribution is 2.35. The highest BCUT2D eigenvalue weighted by Gasteiger charge is 2.41. The number of amides is 2. The summed E-state index contributed by atoms with van der Waals surface area (Å²) in [5.74, 6) is -0.200. The smallest absolute Gasteiger partial charge is 0.255 e. The molecule has 0 aromatic heterocycles. The van der Waals surface area contributed by atoms with E-state index in [1.807, 2.05) is 92.9 Å². The summed E-state index contributed by atoms with van der Waals surface area (Å²) in [6.07, 6.45) is 2.02. The van der Waals surface area contributed by atoms with Crippen LogP contribution >= 0.6 is 11.8 Å². The van der Waals surface area contributed by atoms with Crippen LogP contribution in [0.4, 0.5) is 11.4 Å². The van der Waals surface area contributed by atoms with Crippen LogP contribution in [0.2, 0.25) is 0 Å². The van der Waals surface area contributed by atoms with Crippen LogP contribution in [0.5, 0.6) is 0 Å². The average molecular weight is 417 g/mol. The lowest BCUT2D eigenvalue weighted by atomic mass is 9.99. The monoisotopic (exact) mass is 416 g/mol. The quantitative estimate of drug-likeness (QED) is 0.553. The van der Waals surface area contributed by atoms with Crippen molar-refractivity contribution in [1.82, 2.24) is 0 Å². The normalized spacial score (nSPS) is 16.8. The molecular weight excluding hydrogens is 392 g/mol. The van der Waals surface area contributed by atoms with Gasteiger partial charge in [-0.15, -0.1) is 11.8 Å². The van der Waals surface area contributed by atoms with Gasteiger partial charge in [0.05, 0.1) is 0 Å². The molecule has 0 N–H and O–H groups in total. The van der Waals surface area contributed by atoms with Gasteiger partial charge in [-0.2, -0.15) is 0 Å². The Morgan fingerprint density at radius 1 is 0.767 bits per heavy atom. The van der Waals surface area contributed by atoms with E-state index in [1.54, 1.807) is 21.6 Å². The third-order valence-electron chi connectivity index (χ3n) is 5.41. The minimum absolute atomic E-state index is 0.0230. The summed E-state index contributed by atoms with van der Waals surface area (Å²) in [5.41, 5.74) is 4.51. The molecular formula is C25H24N2O2S. The lowest BCUT2D eigenvalue weighted by molar-refractivity contribution is -0.128. The number of nitrogens with zero attached hydrogens (tertiary/aromatic N) is 2. The fourth-order valence-corrected chi connectivity index (χ4v) is 4.12. The van der Waals surface area contributed by atoms with Crippen molar-refractivity contribution >= 4 is 35.0 Å². The van der Waals surface area contributed by atoms with Gasteiger partial charge in [0, 0.05) is 16.3 Å². The fraction of sp³-hybridized carbons (Fsp3) is 0.200. The topological polar surface area (TPSA) is 40.6 Å². The summed E-state index contributed by atoms with van der Waals surface area (Å²) in [7, 11) is 0. The maximum atomic E-state index is 13.7. The van der Waals surface area contributed by atoms with Crippen molar-refractivity contribution in [1.29, 1.82) is 0 Å². The van der Waals surface area contributed by atoms with E-state index in [0.717, 1.165) is 33.0 Å². The van der Waals surface area contributed by atoms with Crippen molar-refractivity contribution in [3.63, 3.8) is 0 Å². The van der Waals surface area contributed by atoms with Gasteiger partial charge in [-0.05, 0) is 62.1 Å². The number of hydrogen-bond acceptors (Lipinski definition) is 3. The first-order valence-electron chi connectivity index (χ1n) is 9.88. The Labute approximate surface area is 181 Å². The van der Waals surface area contributed by atoms with E-state index in [-0.39, 0.29) is 18.4 Å². The maximum Gasteiger partial charge on any atom is 0.255 e. The molecule has 0 unspecified atom stereocenters. The summed E-state index contributed by atoms with van der Waals surface area (Å²) in [6.45, 7) is 4.03. The molecule has 4 rings (SSSR count). The first kappa shape index (κ1) is 20.2. The Bertz CT molecular complexity index is 1060. The molecule has 1 atom stereocenters. The zero-order chi connectivity index (χ0) is 21.3. The van der Waals surface area contributed by atoms with Gasteiger partial charge in [-0.3, -0.25) is 14.5 Å². The van der Waals surface area contributed by atoms with Crippen LogP contribution in [0, 0.1) is 13.8 Å². The first-order chi connectivity index (χ1) is 14.5. The Hall–Kier alpha value is -3.05. The summed E-state index contributed by atoms with van der Waals surface area (Å²) < 4.78 is 0. The van der Waals surface area contributed by atoms with Crippen molar-refractivity contribution in [2.24, 2.45) is 0 Å². The predicted molar refractivity (Wildman–Crippen MR) is 123 cm³/mol. The molecule has 5 heteroatoms. The minimum atomic E-state index is -0.703. The largest absolute Gasteiger partial charge is 0.301 e. The highest BCUT2D eigenvalue weighted by molar-refractivity contribution is 7.98. The Kier molecular flexibility index (Phi) is 5.64. The number of anilines is 2. The van der Waals surface area contributed by atoms with E-state index < -0.39 is 6.04 Å². The second-order valence-corrected chi connectivity index (χ2v) is 8.41. The van der Waals surface area contributed by atoms with Crippen LogP contribution < -0.4 is 9.80 Å². The molecule has 3 aromatic carbocycles. The van der Waals surface area contributed by atoms with E-state index in [9.17, 15) is 9.59 Å². The molecule has 1 fully saturated rings. The summed E-state index contributed by atoms with van der Waals surface area (Å²) in [4.78, 5) is 31.4. The molecule has 1 heterocycles. The summed E-state index contributed by atoms with van der Waals surface area (Å²) in [6, 6.07) is 22.6. The second-order valence-electron chi connectivity index (χ2n) is 7.53. The average Bonchev–Trinajstić information content (AvgIpc) is 2.76. The Morgan fingerprint density at radius 3 is 1.83 bits per heavy atom. The van der Waals surface area contributed by atoms with Crippen molar-refractivity contribution < 1.29 is 9.59 Å². The maximum absolute atomic E-state index is 13.7. The van der Waals surface area contributed by atoms with Crippen LogP contribution in [0.1, 0.15) is 22.7 Å². The lowest BCUT2D eigenvalue weighted by Crippen LogP contribution is -2.56. The van der Waals surface area contributed by atoms with E-state index in [0.29, 0.717) is 0 Å². The van der Waals surface area contributed by atoms with Gasteiger partial charge in [0.25, 0.3) is 5.91 Å². The van der Waals surface area contributed by atoms with Crippen LogP contribution in [0.15, 0.2) is 77.7 Å². The van der Waals surface area contributed by atoms with Gasteiger partial charge in [0.15, 0.2) is 0 Å². The van der Waals surface area contributed by atoms with E-state index in [1.165, 1.54) is 0 Å². The van der Waals surface area contributed by atoms with Crippen LogP contribution in [-0.4, -0.2) is 24.6 Å². The van der Waals surface area contributed by atoms with E-state index >= 15 is 0 Å². The molecule has 30 heavy (non-hydrogen) atoms. The number of benzene rings is 3. The molecule has 1 aliphatic heterocycles. The van der Waals surface area contributed by atoms with Crippen molar-refractivity contribution in [3.8, 4) is 0 Å². The molecule has 3 aromatic rings. The molecule has 0 aliphatic carbocycles. The van der Waals surface area contributed by atoms with Gasteiger partial charge < -0.3 is 4.90 Å². The predicted octanol–water partition coefficient (Wildman–Crippen LogP) is 5.15. The molecule has 0 saturated carbocycles. The molecule has 4 nitrogen and oxygen atoms in total. The Morgan fingerprint density at radius 2 is 1.30 bits per heavy atom. The number of rotatable bonds is 4. The molecule has 0 spiro atoms. The van der Waals surface area contributed by atoms with Crippen molar-refractivity contribution in [2.75, 3.05) is 22.6 Å².